The minimum atomic E-state index is 0.147. The molecule has 2 fully saturated rings. The van der Waals surface area contributed by atoms with E-state index in [0.29, 0.717) is 23.9 Å². The van der Waals surface area contributed by atoms with Gasteiger partial charge in [0.2, 0.25) is 11.8 Å². The van der Waals surface area contributed by atoms with Gasteiger partial charge < -0.3 is 9.47 Å². The Bertz CT molecular complexity index is 732. The third kappa shape index (κ3) is 4.32. The van der Waals surface area contributed by atoms with Crippen LogP contribution in [0.25, 0.3) is 0 Å². The minimum absolute atomic E-state index is 0.147. The van der Waals surface area contributed by atoms with E-state index in [4.69, 9.17) is 9.47 Å². The number of aromatic nitrogens is 3. The van der Waals surface area contributed by atoms with Crippen molar-refractivity contribution < 1.29 is 9.47 Å². The summed E-state index contributed by atoms with van der Waals surface area (Å²) in [6.45, 7) is 6.15. The van der Waals surface area contributed by atoms with E-state index in [1.54, 1.807) is 11.3 Å². The molecule has 0 radical (unpaired) electrons. The zero-order chi connectivity index (χ0) is 17.9. The molecule has 3 heterocycles. The molecule has 0 spiro atoms. The molecule has 26 heavy (non-hydrogen) atoms. The quantitative estimate of drug-likeness (QED) is 0.770. The second kappa shape index (κ2) is 7.88. The average molecular weight is 375 g/mol. The topological polar surface area (TPSA) is 60.4 Å². The third-order valence-electron chi connectivity index (χ3n) is 5.19. The molecule has 1 saturated carbocycles. The predicted molar refractivity (Wildman–Crippen MR) is 101 cm³/mol. The summed E-state index contributed by atoms with van der Waals surface area (Å²) in [6.07, 6.45) is 9.69. The molecule has 1 aliphatic heterocycles. The van der Waals surface area contributed by atoms with Crippen LogP contribution in [-0.4, -0.2) is 44.6 Å². The number of likely N-dealkylation sites (tertiary alicyclic amines) is 1. The summed E-state index contributed by atoms with van der Waals surface area (Å²) in [7, 11) is 0. The molecule has 2 aromatic rings. The molecule has 0 aromatic carbocycles. The Balaban J connectivity index is 1.34. The molecular weight excluding hydrogens is 348 g/mol. The van der Waals surface area contributed by atoms with Crippen LogP contribution >= 0.6 is 11.3 Å². The van der Waals surface area contributed by atoms with E-state index in [2.05, 4.69) is 26.8 Å². The highest BCUT2D eigenvalue weighted by atomic mass is 32.1. The highest BCUT2D eigenvalue weighted by Gasteiger charge is 2.31. The summed E-state index contributed by atoms with van der Waals surface area (Å²) in [4.78, 5) is 16.6. The lowest BCUT2D eigenvalue weighted by Crippen LogP contribution is -2.27. The van der Waals surface area contributed by atoms with Gasteiger partial charge in [0.15, 0.2) is 0 Å². The van der Waals surface area contributed by atoms with Gasteiger partial charge in [0.25, 0.3) is 0 Å². The number of hydrogen-bond donors (Lipinski definition) is 0. The summed E-state index contributed by atoms with van der Waals surface area (Å²) in [5.74, 6) is 1.24. The fourth-order valence-electron chi connectivity index (χ4n) is 3.83. The van der Waals surface area contributed by atoms with E-state index < -0.39 is 0 Å². The summed E-state index contributed by atoms with van der Waals surface area (Å²) >= 11 is 1.77. The maximum absolute atomic E-state index is 6.14. The maximum Gasteiger partial charge on any atom is 0.220 e. The molecule has 1 aliphatic carbocycles. The standard InChI is InChI=1S/C19H26N4O2S/c1-13-7-16(10-23(13)11-17-9-20-14(2)26-17)25-19-8-18(21-12-22-19)24-15-5-3-4-6-15/h8-9,12-13,15-16H,3-7,10-11H2,1-2H3. The van der Waals surface area contributed by atoms with Gasteiger partial charge in [0.1, 0.15) is 18.5 Å². The Kier molecular flexibility index (Phi) is 5.36. The van der Waals surface area contributed by atoms with Crippen molar-refractivity contribution in [3.63, 3.8) is 0 Å². The third-order valence-corrected chi connectivity index (χ3v) is 6.09. The molecule has 2 unspecified atom stereocenters. The van der Waals surface area contributed by atoms with Gasteiger partial charge in [0.05, 0.1) is 11.1 Å². The van der Waals surface area contributed by atoms with Gasteiger partial charge in [-0.3, -0.25) is 4.90 Å². The zero-order valence-electron chi connectivity index (χ0n) is 15.4. The van der Waals surface area contributed by atoms with Crippen molar-refractivity contribution in [2.75, 3.05) is 6.54 Å². The van der Waals surface area contributed by atoms with Crippen LogP contribution in [-0.2, 0) is 6.54 Å². The monoisotopic (exact) mass is 374 g/mol. The highest BCUT2D eigenvalue weighted by molar-refractivity contribution is 7.11. The van der Waals surface area contributed by atoms with Crippen LogP contribution < -0.4 is 9.47 Å². The maximum atomic E-state index is 6.14. The summed E-state index contributed by atoms with van der Waals surface area (Å²) < 4.78 is 12.1. The van der Waals surface area contributed by atoms with E-state index in [9.17, 15) is 0 Å². The largest absolute Gasteiger partial charge is 0.474 e. The first-order chi connectivity index (χ1) is 12.7. The number of ether oxygens (including phenoxy) is 2. The lowest BCUT2D eigenvalue weighted by Gasteiger charge is -2.19. The van der Waals surface area contributed by atoms with Crippen molar-refractivity contribution in [3.05, 3.63) is 28.5 Å². The molecule has 2 aromatic heterocycles. The summed E-state index contributed by atoms with van der Waals surface area (Å²) in [5.41, 5.74) is 0. The molecule has 2 atom stereocenters. The Morgan fingerprint density at radius 2 is 1.85 bits per heavy atom. The van der Waals surface area contributed by atoms with Gasteiger partial charge in [-0.2, -0.15) is 0 Å². The smallest absolute Gasteiger partial charge is 0.220 e. The average Bonchev–Trinajstić information content (AvgIpc) is 3.32. The fraction of sp³-hybridized carbons (Fsp3) is 0.632. The number of hydrogen-bond acceptors (Lipinski definition) is 7. The fourth-order valence-corrected chi connectivity index (χ4v) is 4.65. The Hall–Kier alpha value is -1.73. The van der Waals surface area contributed by atoms with Crippen molar-refractivity contribution >= 4 is 11.3 Å². The Morgan fingerprint density at radius 1 is 1.12 bits per heavy atom. The van der Waals surface area contributed by atoms with Crippen LogP contribution in [0.2, 0.25) is 0 Å². The molecule has 1 saturated heterocycles. The molecule has 0 N–H and O–H groups in total. The molecule has 4 rings (SSSR count). The second-order valence-electron chi connectivity index (χ2n) is 7.32. The van der Waals surface area contributed by atoms with E-state index in [1.807, 2.05) is 19.2 Å². The van der Waals surface area contributed by atoms with Crippen LogP contribution in [0.3, 0.4) is 0 Å². The van der Waals surface area contributed by atoms with Crippen LogP contribution in [0.1, 0.15) is 48.9 Å². The van der Waals surface area contributed by atoms with Crippen molar-refractivity contribution in [3.8, 4) is 11.8 Å². The van der Waals surface area contributed by atoms with Gasteiger partial charge in [-0.25, -0.2) is 15.0 Å². The summed E-state index contributed by atoms with van der Waals surface area (Å²) in [6, 6.07) is 2.32. The van der Waals surface area contributed by atoms with Crippen molar-refractivity contribution in [2.24, 2.45) is 0 Å². The number of nitrogens with zero attached hydrogens (tertiary/aromatic N) is 4. The first-order valence-electron chi connectivity index (χ1n) is 9.46. The molecular formula is C19H26N4O2S. The zero-order valence-corrected chi connectivity index (χ0v) is 16.2. The van der Waals surface area contributed by atoms with Crippen LogP contribution in [0.4, 0.5) is 0 Å². The predicted octanol–water partition coefficient (Wildman–Crippen LogP) is 3.60. The van der Waals surface area contributed by atoms with Crippen molar-refractivity contribution in [2.45, 2.75) is 70.7 Å². The number of aryl methyl sites for hydroxylation is 1. The van der Waals surface area contributed by atoms with Crippen LogP contribution in [0, 0.1) is 6.92 Å². The lowest BCUT2D eigenvalue weighted by molar-refractivity contribution is 0.180. The van der Waals surface area contributed by atoms with Crippen LogP contribution in [0.5, 0.6) is 11.8 Å². The molecule has 6 nitrogen and oxygen atoms in total. The first-order valence-corrected chi connectivity index (χ1v) is 10.3. The lowest BCUT2D eigenvalue weighted by atomic mass is 10.2. The van der Waals surface area contributed by atoms with Gasteiger partial charge in [-0.1, -0.05) is 0 Å². The Labute approximate surface area is 158 Å². The SMILES string of the molecule is Cc1ncc(CN2CC(Oc3cc(OC4CCCC4)ncn3)CC2C)s1. The Morgan fingerprint density at radius 3 is 2.54 bits per heavy atom. The molecule has 7 heteroatoms. The molecule has 2 aliphatic rings. The van der Waals surface area contributed by atoms with E-state index >= 15 is 0 Å². The van der Waals surface area contributed by atoms with Gasteiger partial charge in [-0.15, -0.1) is 11.3 Å². The first kappa shape index (κ1) is 17.7. The number of thiazole rings is 1. The number of rotatable bonds is 6. The molecule has 0 bridgehead atoms. The molecule has 140 valence electrons. The normalized spacial score (nSPS) is 24.2. The van der Waals surface area contributed by atoms with E-state index in [1.165, 1.54) is 24.0 Å². The van der Waals surface area contributed by atoms with Crippen molar-refractivity contribution in [1.82, 2.24) is 19.9 Å². The van der Waals surface area contributed by atoms with Gasteiger partial charge >= 0.3 is 0 Å². The van der Waals surface area contributed by atoms with Crippen molar-refractivity contribution in [1.29, 1.82) is 0 Å². The second-order valence-corrected chi connectivity index (χ2v) is 8.64. The molecule has 0 amide bonds. The highest BCUT2D eigenvalue weighted by Crippen LogP contribution is 2.27. The minimum Gasteiger partial charge on any atom is -0.474 e. The van der Waals surface area contributed by atoms with Gasteiger partial charge in [0, 0.05) is 36.6 Å². The van der Waals surface area contributed by atoms with E-state index in [0.717, 1.165) is 37.4 Å². The van der Waals surface area contributed by atoms with E-state index in [-0.39, 0.29) is 6.10 Å². The van der Waals surface area contributed by atoms with Crippen LogP contribution in [0.15, 0.2) is 18.6 Å². The van der Waals surface area contributed by atoms with Gasteiger partial charge in [-0.05, 0) is 39.5 Å². The summed E-state index contributed by atoms with van der Waals surface area (Å²) in [5, 5.41) is 1.12.